The third-order valence-corrected chi connectivity index (χ3v) is 5.25. The highest BCUT2D eigenvalue weighted by Crippen LogP contribution is 2.32. The molecule has 0 spiro atoms. The van der Waals surface area contributed by atoms with E-state index in [1.54, 1.807) is 29.9 Å². The summed E-state index contributed by atoms with van der Waals surface area (Å²) in [6.07, 6.45) is 5.65. The lowest BCUT2D eigenvalue weighted by Crippen LogP contribution is -2.34. The van der Waals surface area contributed by atoms with Crippen LogP contribution >= 0.6 is 11.6 Å². The Labute approximate surface area is 155 Å². The SMILES string of the molecule is CC(NC(=O)c1cn2cc(-c3ccccc3Cl)n(C)c(=O)c2n1)C1CC1. The number of carbonyl (C=O) groups is 1. The number of nitrogens with one attached hydrogen (secondary N) is 1. The molecule has 1 aliphatic rings. The Hall–Kier alpha value is -2.60. The van der Waals surface area contributed by atoms with E-state index in [1.807, 2.05) is 25.1 Å². The van der Waals surface area contributed by atoms with Gasteiger partial charge in [0.25, 0.3) is 11.5 Å². The van der Waals surface area contributed by atoms with Crippen molar-refractivity contribution in [2.75, 3.05) is 0 Å². The monoisotopic (exact) mass is 370 g/mol. The molecule has 7 heteroatoms. The molecule has 1 saturated carbocycles. The van der Waals surface area contributed by atoms with E-state index >= 15 is 0 Å². The fourth-order valence-corrected chi connectivity index (χ4v) is 3.38. The van der Waals surface area contributed by atoms with Crippen LogP contribution in [0, 0.1) is 5.92 Å². The van der Waals surface area contributed by atoms with Crippen LogP contribution in [-0.2, 0) is 7.05 Å². The summed E-state index contributed by atoms with van der Waals surface area (Å²) in [6.45, 7) is 2.00. The molecule has 6 nitrogen and oxygen atoms in total. The smallest absolute Gasteiger partial charge is 0.294 e. The molecule has 1 unspecified atom stereocenters. The Kier molecular flexibility index (Phi) is 4.07. The molecular weight excluding hydrogens is 352 g/mol. The predicted octanol–water partition coefficient (Wildman–Crippen LogP) is 2.88. The third kappa shape index (κ3) is 2.90. The number of aromatic nitrogens is 3. The van der Waals surface area contributed by atoms with E-state index in [0.717, 1.165) is 18.4 Å². The van der Waals surface area contributed by atoms with E-state index in [4.69, 9.17) is 11.6 Å². The summed E-state index contributed by atoms with van der Waals surface area (Å²) in [7, 11) is 1.67. The molecule has 2 aromatic heterocycles. The van der Waals surface area contributed by atoms with Crippen molar-refractivity contribution in [3.63, 3.8) is 0 Å². The number of benzene rings is 1. The van der Waals surface area contributed by atoms with Gasteiger partial charge in [-0.25, -0.2) is 4.98 Å². The van der Waals surface area contributed by atoms with Gasteiger partial charge in [0.05, 0.1) is 5.69 Å². The molecule has 1 aliphatic carbocycles. The van der Waals surface area contributed by atoms with Gasteiger partial charge in [0.2, 0.25) is 5.65 Å². The van der Waals surface area contributed by atoms with E-state index in [9.17, 15) is 9.59 Å². The number of hydrogen-bond donors (Lipinski definition) is 1. The second kappa shape index (κ2) is 6.29. The van der Waals surface area contributed by atoms with Crippen molar-refractivity contribution < 1.29 is 4.79 Å². The topological polar surface area (TPSA) is 68.4 Å². The van der Waals surface area contributed by atoms with Crippen LogP contribution in [0.3, 0.4) is 0 Å². The average Bonchev–Trinajstić information content (AvgIpc) is 3.38. The van der Waals surface area contributed by atoms with Crippen molar-refractivity contribution in [1.29, 1.82) is 0 Å². The number of carbonyl (C=O) groups excluding carboxylic acids is 1. The van der Waals surface area contributed by atoms with Crippen molar-refractivity contribution in [3.05, 3.63) is 57.7 Å². The quantitative estimate of drug-likeness (QED) is 0.767. The Morgan fingerprint density at radius 3 is 2.73 bits per heavy atom. The van der Waals surface area contributed by atoms with Gasteiger partial charge < -0.3 is 9.88 Å². The van der Waals surface area contributed by atoms with Gasteiger partial charge in [-0.2, -0.15) is 0 Å². The number of amides is 1. The van der Waals surface area contributed by atoms with Gasteiger partial charge in [0.1, 0.15) is 5.69 Å². The molecule has 0 saturated heterocycles. The maximum Gasteiger partial charge on any atom is 0.294 e. The summed E-state index contributed by atoms with van der Waals surface area (Å²) in [4.78, 5) is 29.4. The minimum absolute atomic E-state index is 0.119. The fourth-order valence-electron chi connectivity index (χ4n) is 3.15. The molecule has 1 fully saturated rings. The molecule has 26 heavy (non-hydrogen) atoms. The summed E-state index contributed by atoms with van der Waals surface area (Å²) < 4.78 is 3.09. The molecule has 1 atom stereocenters. The largest absolute Gasteiger partial charge is 0.348 e. The standard InChI is InChI=1S/C19H19ClN4O2/c1-11(12-7-8-12)21-18(25)15-9-24-10-16(13-5-3-4-6-14(13)20)23(2)19(26)17(24)22-15/h3-6,9-12H,7-8H2,1-2H3,(H,21,25). The average molecular weight is 371 g/mol. The molecule has 134 valence electrons. The van der Waals surface area contributed by atoms with E-state index in [0.29, 0.717) is 16.6 Å². The molecular formula is C19H19ClN4O2. The number of hydrogen-bond acceptors (Lipinski definition) is 3. The van der Waals surface area contributed by atoms with Gasteiger partial charge in [-0.05, 0) is 31.7 Å². The van der Waals surface area contributed by atoms with Crippen molar-refractivity contribution in [2.45, 2.75) is 25.8 Å². The van der Waals surface area contributed by atoms with Gasteiger partial charge in [-0.15, -0.1) is 0 Å². The highest BCUT2D eigenvalue weighted by Gasteiger charge is 2.29. The highest BCUT2D eigenvalue weighted by molar-refractivity contribution is 6.33. The van der Waals surface area contributed by atoms with Crippen LogP contribution in [0.25, 0.3) is 16.9 Å². The summed E-state index contributed by atoms with van der Waals surface area (Å²) in [5, 5.41) is 3.52. The summed E-state index contributed by atoms with van der Waals surface area (Å²) in [6, 6.07) is 7.45. The van der Waals surface area contributed by atoms with Crippen molar-refractivity contribution >= 4 is 23.2 Å². The Balaban J connectivity index is 1.76. The van der Waals surface area contributed by atoms with Gasteiger partial charge >= 0.3 is 0 Å². The van der Waals surface area contributed by atoms with Crippen LogP contribution in [0.5, 0.6) is 0 Å². The zero-order chi connectivity index (χ0) is 18.4. The van der Waals surface area contributed by atoms with Crippen LogP contribution in [0.4, 0.5) is 0 Å². The van der Waals surface area contributed by atoms with Crippen LogP contribution in [-0.4, -0.2) is 25.9 Å². The van der Waals surface area contributed by atoms with Crippen molar-refractivity contribution in [1.82, 2.24) is 19.3 Å². The number of imidazole rings is 1. The van der Waals surface area contributed by atoms with Crippen LogP contribution < -0.4 is 10.9 Å². The van der Waals surface area contributed by atoms with Crippen molar-refractivity contribution in [3.8, 4) is 11.3 Å². The molecule has 4 rings (SSSR count). The Morgan fingerprint density at radius 1 is 1.31 bits per heavy atom. The molecule has 1 amide bonds. The molecule has 3 aromatic rings. The third-order valence-electron chi connectivity index (χ3n) is 4.92. The minimum atomic E-state index is -0.281. The normalized spacial score (nSPS) is 15.2. The summed E-state index contributed by atoms with van der Waals surface area (Å²) in [5.41, 5.74) is 1.58. The number of rotatable bonds is 4. The summed E-state index contributed by atoms with van der Waals surface area (Å²) in [5.74, 6) is 0.296. The first kappa shape index (κ1) is 16.8. The zero-order valence-corrected chi connectivity index (χ0v) is 15.3. The Morgan fingerprint density at radius 2 is 2.04 bits per heavy atom. The second-order valence-corrected chi connectivity index (χ2v) is 7.22. The van der Waals surface area contributed by atoms with Crippen LogP contribution in [0.15, 0.2) is 41.5 Å². The number of halogens is 1. The lowest BCUT2D eigenvalue weighted by molar-refractivity contribution is 0.0931. The molecule has 2 heterocycles. The van der Waals surface area contributed by atoms with Crippen molar-refractivity contribution in [2.24, 2.45) is 13.0 Å². The number of nitrogens with zero attached hydrogens (tertiary/aromatic N) is 3. The van der Waals surface area contributed by atoms with Crippen LogP contribution in [0.2, 0.25) is 5.02 Å². The van der Waals surface area contributed by atoms with Crippen LogP contribution in [0.1, 0.15) is 30.3 Å². The molecule has 0 aliphatic heterocycles. The molecule has 1 aromatic carbocycles. The van der Waals surface area contributed by atoms with E-state index < -0.39 is 0 Å². The summed E-state index contributed by atoms with van der Waals surface area (Å²) >= 11 is 6.28. The van der Waals surface area contributed by atoms with Gasteiger partial charge in [0, 0.05) is 36.1 Å². The van der Waals surface area contributed by atoms with E-state index in [2.05, 4.69) is 10.3 Å². The lowest BCUT2D eigenvalue weighted by atomic mass is 10.1. The molecule has 1 N–H and O–H groups in total. The lowest BCUT2D eigenvalue weighted by Gasteiger charge is -2.10. The molecule has 0 bridgehead atoms. The highest BCUT2D eigenvalue weighted by atomic mass is 35.5. The minimum Gasteiger partial charge on any atom is -0.348 e. The maximum atomic E-state index is 12.7. The molecule has 0 radical (unpaired) electrons. The first-order chi connectivity index (χ1) is 12.5. The van der Waals surface area contributed by atoms with E-state index in [1.165, 1.54) is 4.57 Å². The zero-order valence-electron chi connectivity index (χ0n) is 14.6. The first-order valence-electron chi connectivity index (χ1n) is 8.60. The Bertz CT molecular complexity index is 1070. The fraction of sp³-hybridized carbons (Fsp3) is 0.316. The van der Waals surface area contributed by atoms with Gasteiger partial charge in [-0.1, -0.05) is 29.8 Å². The maximum absolute atomic E-state index is 12.7. The first-order valence-corrected chi connectivity index (χ1v) is 8.98. The van der Waals surface area contributed by atoms with E-state index in [-0.39, 0.29) is 28.8 Å². The van der Waals surface area contributed by atoms with Gasteiger partial charge in [0.15, 0.2) is 0 Å². The number of fused-ring (bicyclic) bond motifs is 1. The van der Waals surface area contributed by atoms with Gasteiger partial charge in [-0.3, -0.25) is 14.0 Å². The second-order valence-electron chi connectivity index (χ2n) is 6.81. The predicted molar refractivity (Wildman–Crippen MR) is 101 cm³/mol.